The summed E-state index contributed by atoms with van der Waals surface area (Å²) in [5.74, 6) is -2.25. The molecule has 0 saturated carbocycles. The van der Waals surface area contributed by atoms with Crippen molar-refractivity contribution in [2.45, 2.75) is 70.4 Å². The molecule has 8 N–H and O–H groups in total. The van der Waals surface area contributed by atoms with Crippen molar-refractivity contribution in [2.75, 3.05) is 76.7 Å². The summed E-state index contributed by atoms with van der Waals surface area (Å²) in [5, 5.41) is 37.6. The lowest BCUT2D eigenvalue weighted by molar-refractivity contribution is -0.138. The Hall–Kier alpha value is -7.10. The van der Waals surface area contributed by atoms with Crippen LogP contribution in [0, 0.1) is 13.8 Å². The molecule has 1 aliphatic heterocycles. The van der Waals surface area contributed by atoms with Crippen molar-refractivity contribution in [3.63, 3.8) is 0 Å². The molecule has 1 heterocycles. The van der Waals surface area contributed by atoms with Gasteiger partial charge in [-0.25, -0.2) is 4.79 Å². The molecule has 3 amide bonds. The lowest BCUT2D eigenvalue weighted by Crippen LogP contribution is -2.49. The van der Waals surface area contributed by atoms with E-state index in [2.05, 4.69) is 26.2 Å². The maximum Gasteiger partial charge on any atom is 0.425 e. The molecule has 0 bridgehead atoms. The number of nitrogens with two attached hydrogens (primary N) is 1. The van der Waals surface area contributed by atoms with Gasteiger partial charge in [0, 0.05) is 62.6 Å². The monoisotopic (exact) mass is 1060 g/mol. The number of aryl methyl sites for hydroxylation is 2. The standard InChI is InChI=1S/C47H61N9O12S.O3S/c1-30-24-32(33-10-14-37(31(2)25-33)52-53-38-15-11-34-40(69(64,65)66)16-12-35(48)43(34)44(38)61)9-13-36(30)51-45(62)39(8-6-7-17-49-46(63)68-47(3,4)5)50-41(58)26-54-18-19-55(27-42(59)60)21-23-56(22-20-54)28-67-29-57;1-4(2)3/h9-16,24-25,29,39,61H,6-8,17-23,26-28,48H2,1-5H3,(H,49,63)(H,50,58)(H,51,62)(H,59,60)(H,64,65,66);/t39-;/m1./s1. The highest BCUT2D eigenvalue weighted by atomic mass is 32.2. The Morgan fingerprint density at radius 1 is 0.836 bits per heavy atom. The third-order valence-corrected chi connectivity index (χ3v) is 12.1. The number of carbonyl (C=O) groups is 5. The maximum absolute atomic E-state index is 14.0. The van der Waals surface area contributed by atoms with Gasteiger partial charge in [0.25, 0.3) is 16.6 Å². The summed E-state index contributed by atoms with van der Waals surface area (Å²) in [6.45, 7) is 11.8. The number of unbranched alkanes of at least 4 members (excludes halogenated alkanes) is 1. The number of hydrogen-bond acceptors (Lipinski definition) is 19. The quantitative estimate of drug-likeness (QED) is 0.0226. The van der Waals surface area contributed by atoms with Crippen molar-refractivity contribution in [3.8, 4) is 16.9 Å². The van der Waals surface area contributed by atoms with Crippen LogP contribution in [0.3, 0.4) is 0 Å². The Morgan fingerprint density at radius 2 is 1.41 bits per heavy atom. The normalized spacial score (nSPS) is 14.4. The maximum atomic E-state index is 14.0. The molecule has 0 aromatic heterocycles. The summed E-state index contributed by atoms with van der Waals surface area (Å²) in [4.78, 5) is 67.4. The van der Waals surface area contributed by atoms with E-state index in [1.54, 1.807) is 37.8 Å². The first-order valence-electron chi connectivity index (χ1n) is 22.8. The van der Waals surface area contributed by atoms with Gasteiger partial charge in [0.05, 0.1) is 24.2 Å². The third-order valence-electron chi connectivity index (χ3n) is 11.2. The van der Waals surface area contributed by atoms with Crippen LogP contribution < -0.4 is 21.7 Å². The molecule has 0 unspecified atom stereocenters. The molecule has 1 saturated heterocycles. The number of aliphatic carboxylic acids is 1. The van der Waals surface area contributed by atoms with Crippen LogP contribution in [0.25, 0.3) is 21.9 Å². The smallest absolute Gasteiger partial charge is 0.425 e. The second-order valence-electron chi connectivity index (χ2n) is 17.9. The number of hydrogen-bond donors (Lipinski definition) is 7. The van der Waals surface area contributed by atoms with Gasteiger partial charge < -0.3 is 41.4 Å². The van der Waals surface area contributed by atoms with Crippen LogP contribution in [0.15, 0.2) is 75.8 Å². The largest absolute Gasteiger partial charge is 0.505 e. The van der Waals surface area contributed by atoms with Crippen LogP contribution in [0.4, 0.5) is 27.5 Å². The number of amides is 3. The minimum Gasteiger partial charge on any atom is -0.505 e. The Kier molecular flexibility index (Phi) is 21.7. The van der Waals surface area contributed by atoms with E-state index >= 15 is 0 Å². The molecule has 4 aromatic rings. The lowest BCUT2D eigenvalue weighted by atomic mass is 10.00. The summed E-state index contributed by atoms with van der Waals surface area (Å²) in [6.07, 6.45) is 0.657. The van der Waals surface area contributed by atoms with Gasteiger partial charge in [-0.2, -0.15) is 13.5 Å². The first-order chi connectivity index (χ1) is 34.3. The molecule has 26 heteroatoms. The predicted molar refractivity (Wildman–Crippen MR) is 268 cm³/mol. The van der Waals surface area contributed by atoms with Crippen molar-refractivity contribution in [2.24, 2.45) is 10.2 Å². The van der Waals surface area contributed by atoms with Crippen molar-refractivity contribution in [1.82, 2.24) is 25.3 Å². The van der Waals surface area contributed by atoms with Crippen LogP contribution >= 0.6 is 0 Å². The zero-order valence-electron chi connectivity index (χ0n) is 41.0. The van der Waals surface area contributed by atoms with Crippen LogP contribution in [0.2, 0.25) is 0 Å². The number of benzene rings is 4. The second-order valence-corrected chi connectivity index (χ2v) is 19.7. The number of rotatable bonds is 19. The van der Waals surface area contributed by atoms with Gasteiger partial charge in [-0.05, 0) is 119 Å². The van der Waals surface area contributed by atoms with E-state index < -0.39 is 66.9 Å². The molecule has 0 aliphatic carbocycles. The zero-order chi connectivity index (χ0) is 54.0. The highest BCUT2D eigenvalue weighted by Crippen LogP contribution is 2.41. The van der Waals surface area contributed by atoms with Gasteiger partial charge in [0.15, 0.2) is 5.75 Å². The molecule has 5 rings (SSSR count). The van der Waals surface area contributed by atoms with Crippen molar-refractivity contribution in [3.05, 3.63) is 71.8 Å². The molecular formula is C47H61N9O15S2. The Labute approximate surface area is 423 Å². The predicted octanol–water partition coefficient (Wildman–Crippen LogP) is 4.32. The van der Waals surface area contributed by atoms with Gasteiger partial charge in [0.2, 0.25) is 11.8 Å². The fourth-order valence-corrected chi connectivity index (χ4v) is 8.31. The Balaban J connectivity index is 0.00000278. The van der Waals surface area contributed by atoms with Crippen molar-refractivity contribution in [1.29, 1.82) is 0 Å². The lowest BCUT2D eigenvalue weighted by Gasteiger charge is -2.26. The highest BCUT2D eigenvalue weighted by molar-refractivity contribution is 7.86. The highest BCUT2D eigenvalue weighted by Gasteiger charge is 2.25. The van der Waals surface area contributed by atoms with Crippen LogP contribution in [0.1, 0.15) is 51.2 Å². The van der Waals surface area contributed by atoms with E-state index in [0.717, 1.165) is 28.3 Å². The molecular weight excluding hydrogens is 995 g/mol. The van der Waals surface area contributed by atoms with Crippen LogP contribution in [-0.4, -0.2) is 158 Å². The molecule has 1 aliphatic rings. The van der Waals surface area contributed by atoms with Crippen molar-refractivity contribution >= 4 is 84.6 Å². The number of carbonyl (C=O) groups excluding carboxylic acids is 4. The number of alkyl carbamates (subject to hydrolysis) is 1. The van der Waals surface area contributed by atoms with E-state index in [4.69, 9.17) is 27.8 Å². The van der Waals surface area contributed by atoms with Crippen LogP contribution in [-0.2, 0) is 49.4 Å². The first-order valence-corrected chi connectivity index (χ1v) is 25.2. The number of ether oxygens (including phenoxy) is 2. The molecule has 24 nitrogen and oxygen atoms in total. The average Bonchev–Trinajstić information content (AvgIpc) is 3.37. The second kappa shape index (κ2) is 27.1. The summed E-state index contributed by atoms with van der Waals surface area (Å²) in [5.41, 5.74) is 9.65. The van der Waals surface area contributed by atoms with E-state index in [0.29, 0.717) is 70.0 Å². The molecule has 0 radical (unpaired) electrons. The summed E-state index contributed by atoms with van der Waals surface area (Å²) >= 11 is 0. The number of fused-ring (bicyclic) bond motifs is 1. The number of nitrogens with one attached hydrogen (secondary N) is 3. The molecule has 4 aromatic carbocycles. The van der Waals surface area contributed by atoms with Crippen LogP contribution in [0.5, 0.6) is 5.75 Å². The van der Waals surface area contributed by atoms with Gasteiger partial charge in [-0.1, -0.05) is 18.2 Å². The minimum absolute atomic E-state index is 0.00831. The van der Waals surface area contributed by atoms with E-state index in [9.17, 15) is 47.2 Å². The minimum atomic E-state index is -4.60. The number of carboxylic acids is 1. The van der Waals surface area contributed by atoms with E-state index in [1.165, 1.54) is 18.2 Å². The number of azo groups is 1. The summed E-state index contributed by atoms with van der Waals surface area (Å²) in [6, 6.07) is 15.2. The number of nitrogen functional groups attached to an aromatic ring is 1. The molecule has 73 heavy (non-hydrogen) atoms. The number of carboxylic acid groups (broad SMARTS) is 1. The number of aromatic hydroxyl groups is 1. The average molecular weight is 1060 g/mol. The fourth-order valence-electron chi connectivity index (χ4n) is 7.63. The third kappa shape index (κ3) is 19.1. The molecule has 1 atom stereocenters. The van der Waals surface area contributed by atoms with E-state index in [1.807, 2.05) is 47.9 Å². The van der Waals surface area contributed by atoms with Crippen molar-refractivity contribution < 1.29 is 69.3 Å². The Bertz CT molecular complexity index is 2890. The van der Waals surface area contributed by atoms with Gasteiger partial charge in [0.1, 0.15) is 29.0 Å². The Morgan fingerprint density at radius 3 is 1.99 bits per heavy atom. The number of phenols is 1. The van der Waals surface area contributed by atoms with Gasteiger partial charge in [-0.15, -0.1) is 17.7 Å². The number of phenolic OH excluding ortho intramolecular Hbond substituents is 1. The summed E-state index contributed by atoms with van der Waals surface area (Å²) in [7, 11) is -7.71. The van der Waals surface area contributed by atoms with E-state index in [-0.39, 0.29) is 54.9 Å². The molecule has 1 fully saturated rings. The summed E-state index contributed by atoms with van der Waals surface area (Å²) < 4.78 is 69.1. The van der Waals surface area contributed by atoms with Gasteiger partial charge >= 0.3 is 22.7 Å². The SMILES string of the molecule is Cc1cc(-c2ccc(NC(=O)[C@@H](CCCCNC(=O)OC(C)(C)C)NC(=O)CN3CCN(COC=O)CCN(CC(=O)O)CC3)c(C)c2)ccc1N=Nc1ccc2c(S(=O)(=O)O)ccc(N)c2c1O.O=S(=O)=O. The number of anilines is 2. The number of nitrogens with zero attached hydrogens (tertiary/aromatic N) is 5. The molecule has 396 valence electrons. The first kappa shape index (κ1) is 58.5. The zero-order valence-corrected chi connectivity index (χ0v) is 42.6. The fraction of sp³-hybridized carbons (Fsp3) is 0.426. The van der Waals surface area contributed by atoms with Gasteiger partial charge in [-0.3, -0.25) is 38.4 Å². The topological polar surface area (TPSA) is 346 Å². The molecule has 0 spiro atoms.